The van der Waals surface area contributed by atoms with E-state index in [9.17, 15) is 9.90 Å². The van der Waals surface area contributed by atoms with Crippen LogP contribution in [0.25, 0.3) is 0 Å². The highest BCUT2D eigenvalue weighted by Crippen LogP contribution is 2.32. The topological polar surface area (TPSA) is 49.3 Å². The van der Waals surface area contributed by atoms with E-state index in [2.05, 4.69) is 12.2 Å². The van der Waals surface area contributed by atoms with Gasteiger partial charge in [0, 0.05) is 17.4 Å². The number of rotatable bonds is 8. The van der Waals surface area contributed by atoms with Crippen molar-refractivity contribution in [2.45, 2.75) is 62.9 Å². The predicted octanol–water partition coefficient (Wildman–Crippen LogP) is 4.55. The molecule has 1 aromatic carbocycles. The number of aliphatic hydroxyl groups excluding tert-OH is 1. The van der Waals surface area contributed by atoms with E-state index in [1.807, 2.05) is 30.5 Å². The number of amides is 1. The van der Waals surface area contributed by atoms with Crippen molar-refractivity contribution in [1.82, 2.24) is 5.32 Å². The summed E-state index contributed by atoms with van der Waals surface area (Å²) in [6.07, 6.45) is 9.63. The Balaban J connectivity index is 1.72. The number of carbonyl (C=O) groups excluding carboxylic acids is 1. The zero-order valence-corrected chi connectivity index (χ0v) is 15.8. The maximum Gasteiger partial charge on any atom is 0.223 e. The van der Waals surface area contributed by atoms with Crippen LogP contribution in [0.1, 0.15) is 63.5 Å². The third-order valence-corrected chi connectivity index (χ3v) is 5.90. The monoisotopic (exact) mass is 349 g/mol. The maximum absolute atomic E-state index is 12.3. The highest BCUT2D eigenvalue weighted by atomic mass is 32.2. The van der Waals surface area contributed by atoms with Gasteiger partial charge in [-0.1, -0.05) is 38.3 Å². The van der Waals surface area contributed by atoms with Gasteiger partial charge in [0.15, 0.2) is 0 Å². The van der Waals surface area contributed by atoms with Crippen LogP contribution in [-0.2, 0) is 4.79 Å². The quantitative estimate of drug-likeness (QED) is 0.677. The van der Waals surface area contributed by atoms with Crippen molar-refractivity contribution in [3.8, 4) is 0 Å². The maximum atomic E-state index is 12.3. The van der Waals surface area contributed by atoms with Crippen LogP contribution in [0, 0.1) is 11.8 Å². The molecule has 0 heterocycles. The van der Waals surface area contributed by atoms with Gasteiger partial charge in [-0.3, -0.25) is 4.79 Å². The first-order valence-electron chi connectivity index (χ1n) is 9.23. The van der Waals surface area contributed by atoms with E-state index in [0.717, 1.165) is 24.3 Å². The highest BCUT2D eigenvalue weighted by Gasteiger charge is 2.26. The van der Waals surface area contributed by atoms with Crippen molar-refractivity contribution in [3.05, 3.63) is 29.8 Å². The molecule has 1 fully saturated rings. The third-order valence-electron chi connectivity index (χ3n) is 5.15. The number of unbranched alkanes of at least 4 members (excludes halogenated alkanes) is 1. The van der Waals surface area contributed by atoms with Gasteiger partial charge in [-0.15, -0.1) is 11.8 Å². The number of carbonyl (C=O) groups is 1. The smallest absolute Gasteiger partial charge is 0.223 e. The molecular weight excluding hydrogens is 318 g/mol. The van der Waals surface area contributed by atoms with Crippen LogP contribution in [0.5, 0.6) is 0 Å². The Hall–Kier alpha value is -1.00. The minimum Gasteiger partial charge on any atom is -0.387 e. The SMILES string of the molecule is CCCCC1CCC(C(=O)NCC(O)c2ccc(SC)cc2)CC1. The first-order chi connectivity index (χ1) is 11.6. The molecule has 1 aliphatic rings. The zero-order valence-electron chi connectivity index (χ0n) is 15.0. The fraction of sp³-hybridized carbons (Fsp3) is 0.650. The molecule has 1 unspecified atom stereocenters. The second-order valence-electron chi connectivity index (χ2n) is 6.89. The summed E-state index contributed by atoms with van der Waals surface area (Å²) in [4.78, 5) is 13.5. The van der Waals surface area contributed by atoms with Gasteiger partial charge in [0.25, 0.3) is 0 Å². The Morgan fingerprint density at radius 2 is 1.92 bits per heavy atom. The molecule has 0 aliphatic heterocycles. The molecule has 0 bridgehead atoms. The van der Waals surface area contributed by atoms with E-state index in [0.29, 0.717) is 6.54 Å². The van der Waals surface area contributed by atoms with E-state index in [1.54, 1.807) is 11.8 Å². The van der Waals surface area contributed by atoms with E-state index in [-0.39, 0.29) is 11.8 Å². The number of thioether (sulfide) groups is 1. The summed E-state index contributed by atoms with van der Waals surface area (Å²) in [5.41, 5.74) is 0.858. The van der Waals surface area contributed by atoms with E-state index < -0.39 is 6.10 Å². The number of hydrogen-bond donors (Lipinski definition) is 2. The van der Waals surface area contributed by atoms with Gasteiger partial charge in [0.2, 0.25) is 5.91 Å². The standard InChI is InChI=1S/C20H31NO2S/c1-3-4-5-15-6-8-17(9-7-15)20(23)21-14-19(22)16-10-12-18(24-2)13-11-16/h10-13,15,17,19,22H,3-9,14H2,1-2H3,(H,21,23). The summed E-state index contributed by atoms with van der Waals surface area (Å²) < 4.78 is 0. The van der Waals surface area contributed by atoms with Crippen LogP contribution in [-0.4, -0.2) is 23.8 Å². The van der Waals surface area contributed by atoms with Crippen molar-refractivity contribution in [2.75, 3.05) is 12.8 Å². The summed E-state index contributed by atoms with van der Waals surface area (Å²) in [5.74, 6) is 1.06. The van der Waals surface area contributed by atoms with Gasteiger partial charge in [0.1, 0.15) is 0 Å². The Kier molecular flexibility index (Phi) is 8.13. The number of hydrogen-bond acceptors (Lipinski definition) is 3. The first-order valence-corrected chi connectivity index (χ1v) is 10.5. The van der Waals surface area contributed by atoms with Crippen LogP contribution in [0.15, 0.2) is 29.2 Å². The van der Waals surface area contributed by atoms with Crippen molar-refractivity contribution >= 4 is 17.7 Å². The lowest BCUT2D eigenvalue weighted by Gasteiger charge is -2.28. The fourth-order valence-corrected chi connectivity index (χ4v) is 3.90. The van der Waals surface area contributed by atoms with Crippen molar-refractivity contribution in [3.63, 3.8) is 0 Å². The minimum atomic E-state index is -0.634. The minimum absolute atomic E-state index is 0.115. The lowest BCUT2D eigenvalue weighted by Crippen LogP contribution is -2.35. The summed E-state index contributed by atoms with van der Waals surface area (Å²) in [5, 5.41) is 13.2. The van der Waals surface area contributed by atoms with Gasteiger partial charge in [0.05, 0.1) is 6.10 Å². The molecule has 0 spiro atoms. The first kappa shape index (κ1) is 19.3. The largest absolute Gasteiger partial charge is 0.387 e. The molecule has 1 amide bonds. The predicted molar refractivity (Wildman–Crippen MR) is 101 cm³/mol. The third kappa shape index (κ3) is 5.82. The van der Waals surface area contributed by atoms with Crippen LogP contribution >= 0.6 is 11.8 Å². The van der Waals surface area contributed by atoms with E-state index in [1.165, 1.54) is 37.0 Å². The molecule has 2 rings (SSSR count). The van der Waals surface area contributed by atoms with Crippen LogP contribution in [0.4, 0.5) is 0 Å². The molecular formula is C20H31NO2S. The molecule has 1 aromatic rings. The number of aliphatic hydroxyl groups is 1. The van der Waals surface area contributed by atoms with Gasteiger partial charge < -0.3 is 10.4 Å². The fourth-order valence-electron chi connectivity index (χ4n) is 3.49. The van der Waals surface area contributed by atoms with E-state index in [4.69, 9.17) is 0 Å². The van der Waals surface area contributed by atoms with Gasteiger partial charge in [-0.2, -0.15) is 0 Å². The molecule has 4 heteroatoms. The molecule has 1 aliphatic carbocycles. The van der Waals surface area contributed by atoms with Gasteiger partial charge in [-0.25, -0.2) is 0 Å². The summed E-state index contributed by atoms with van der Waals surface area (Å²) in [6, 6.07) is 7.87. The normalized spacial score (nSPS) is 22.1. The average Bonchev–Trinajstić information content (AvgIpc) is 2.64. The van der Waals surface area contributed by atoms with Gasteiger partial charge in [-0.05, 0) is 55.6 Å². The highest BCUT2D eigenvalue weighted by molar-refractivity contribution is 7.98. The molecule has 2 N–H and O–H groups in total. The van der Waals surface area contributed by atoms with Crippen LogP contribution in [0.3, 0.4) is 0 Å². The zero-order chi connectivity index (χ0) is 17.4. The van der Waals surface area contributed by atoms with Gasteiger partial charge >= 0.3 is 0 Å². The number of nitrogens with one attached hydrogen (secondary N) is 1. The lowest BCUT2D eigenvalue weighted by atomic mass is 9.79. The Labute approximate surface area is 150 Å². The van der Waals surface area contributed by atoms with E-state index >= 15 is 0 Å². The average molecular weight is 350 g/mol. The van der Waals surface area contributed by atoms with Crippen LogP contribution < -0.4 is 5.32 Å². The summed E-state index contributed by atoms with van der Waals surface area (Å²) >= 11 is 1.68. The van der Waals surface area contributed by atoms with Crippen LogP contribution in [0.2, 0.25) is 0 Å². The summed E-state index contributed by atoms with van der Waals surface area (Å²) in [6.45, 7) is 2.53. The Bertz CT molecular complexity index is 495. The number of benzene rings is 1. The summed E-state index contributed by atoms with van der Waals surface area (Å²) in [7, 11) is 0. The molecule has 1 saturated carbocycles. The molecule has 134 valence electrons. The second kappa shape index (κ2) is 10.1. The van der Waals surface area contributed by atoms with Crippen molar-refractivity contribution in [2.24, 2.45) is 11.8 Å². The second-order valence-corrected chi connectivity index (χ2v) is 7.77. The molecule has 24 heavy (non-hydrogen) atoms. The molecule has 1 atom stereocenters. The van der Waals surface area contributed by atoms with Crippen molar-refractivity contribution in [1.29, 1.82) is 0 Å². The Morgan fingerprint density at radius 3 is 2.50 bits per heavy atom. The lowest BCUT2D eigenvalue weighted by molar-refractivity contribution is -0.126. The Morgan fingerprint density at radius 1 is 1.25 bits per heavy atom. The molecule has 0 saturated heterocycles. The van der Waals surface area contributed by atoms with Crippen molar-refractivity contribution < 1.29 is 9.90 Å². The molecule has 0 radical (unpaired) electrons. The molecule has 3 nitrogen and oxygen atoms in total. The molecule has 0 aromatic heterocycles.